The standard InChI is InChI=1S/C25H26N2O4/c1-16-22(25(29)31-12-11-30-2)23(18-9-6-10-26-15-18)24-20(27-16)13-19(14-21(24)28)17-7-4-3-5-8-17/h3-10,15,19,23,27H,11-14H2,1-2H3/t19-,23-/m1/s1. The minimum absolute atomic E-state index is 0.0474. The van der Waals surface area contributed by atoms with Gasteiger partial charge in [-0.15, -0.1) is 0 Å². The summed E-state index contributed by atoms with van der Waals surface area (Å²) in [5.74, 6) is -0.784. The molecule has 0 fully saturated rings. The smallest absolute Gasteiger partial charge is 0.336 e. The molecular weight excluding hydrogens is 392 g/mol. The van der Waals surface area contributed by atoms with Crippen LogP contribution in [0.25, 0.3) is 0 Å². The first-order valence-electron chi connectivity index (χ1n) is 10.4. The number of hydrogen-bond acceptors (Lipinski definition) is 6. The number of pyridine rings is 1. The number of esters is 1. The van der Waals surface area contributed by atoms with Gasteiger partial charge in [-0.2, -0.15) is 0 Å². The highest BCUT2D eigenvalue weighted by molar-refractivity contribution is 6.04. The number of allylic oxidation sites excluding steroid dienone is 3. The number of dihydropyridines is 1. The zero-order valence-electron chi connectivity index (χ0n) is 17.8. The van der Waals surface area contributed by atoms with E-state index in [9.17, 15) is 9.59 Å². The molecule has 6 heteroatoms. The molecule has 1 aliphatic carbocycles. The SMILES string of the molecule is COCCOC(=O)C1=C(C)NC2=C(C(=O)C[C@H](c3ccccc3)C2)[C@@H]1c1cccnc1. The summed E-state index contributed by atoms with van der Waals surface area (Å²) < 4.78 is 10.4. The van der Waals surface area contributed by atoms with Crippen LogP contribution in [0.1, 0.15) is 42.7 Å². The van der Waals surface area contributed by atoms with Crippen molar-refractivity contribution in [2.45, 2.75) is 31.6 Å². The Balaban J connectivity index is 1.73. The molecule has 1 N–H and O–H groups in total. The molecule has 2 aromatic rings. The van der Waals surface area contributed by atoms with E-state index in [0.29, 0.717) is 36.3 Å². The molecule has 0 unspecified atom stereocenters. The summed E-state index contributed by atoms with van der Waals surface area (Å²) in [7, 11) is 1.56. The van der Waals surface area contributed by atoms with Crippen molar-refractivity contribution in [3.05, 3.63) is 88.5 Å². The summed E-state index contributed by atoms with van der Waals surface area (Å²) in [6, 6.07) is 13.8. The van der Waals surface area contributed by atoms with Crippen molar-refractivity contribution < 1.29 is 19.1 Å². The number of Topliss-reactive ketones (excluding diaryl/α,β-unsaturated/α-hetero) is 1. The van der Waals surface area contributed by atoms with Gasteiger partial charge < -0.3 is 14.8 Å². The van der Waals surface area contributed by atoms with Gasteiger partial charge in [0.05, 0.1) is 12.2 Å². The Morgan fingerprint density at radius 1 is 1.10 bits per heavy atom. The molecule has 0 spiro atoms. The molecular formula is C25H26N2O4. The molecule has 6 nitrogen and oxygen atoms in total. The van der Waals surface area contributed by atoms with Gasteiger partial charge in [0, 0.05) is 48.8 Å². The highest BCUT2D eigenvalue weighted by Gasteiger charge is 2.41. The van der Waals surface area contributed by atoms with E-state index < -0.39 is 11.9 Å². The average Bonchev–Trinajstić information content (AvgIpc) is 2.79. The van der Waals surface area contributed by atoms with E-state index in [1.807, 2.05) is 37.3 Å². The van der Waals surface area contributed by atoms with Gasteiger partial charge in [-0.05, 0) is 36.5 Å². The van der Waals surface area contributed by atoms with Crippen LogP contribution in [0.4, 0.5) is 0 Å². The average molecular weight is 418 g/mol. The first-order chi connectivity index (χ1) is 15.1. The first-order valence-corrected chi connectivity index (χ1v) is 10.4. The second kappa shape index (κ2) is 9.27. The molecule has 0 bridgehead atoms. The topological polar surface area (TPSA) is 77.5 Å². The number of hydrogen-bond donors (Lipinski definition) is 1. The van der Waals surface area contributed by atoms with Crippen LogP contribution in [0.15, 0.2) is 77.4 Å². The summed E-state index contributed by atoms with van der Waals surface area (Å²) in [4.78, 5) is 30.7. The third-order valence-corrected chi connectivity index (χ3v) is 5.86. The fourth-order valence-corrected chi connectivity index (χ4v) is 4.45. The van der Waals surface area contributed by atoms with Crippen molar-refractivity contribution in [3.63, 3.8) is 0 Å². The molecule has 0 radical (unpaired) electrons. The van der Waals surface area contributed by atoms with E-state index >= 15 is 0 Å². The zero-order chi connectivity index (χ0) is 21.8. The Morgan fingerprint density at radius 2 is 1.87 bits per heavy atom. The van der Waals surface area contributed by atoms with Gasteiger partial charge in [-0.25, -0.2) is 4.79 Å². The van der Waals surface area contributed by atoms with Gasteiger partial charge in [-0.3, -0.25) is 9.78 Å². The van der Waals surface area contributed by atoms with Gasteiger partial charge in [-0.1, -0.05) is 36.4 Å². The van der Waals surface area contributed by atoms with Crippen LogP contribution in [0.3, 0.4) is 0 Å². The fraction of sp³-hybridized carbons (Fsp3) is 0.320. The molecule has 4 rings (SSSR count). The molecule has 2 atom stereocenters. The third kappa shape index (κ3) is 4.30. The first kappa shape index (κ1) is 21.0. The number of carbonyl (C=O) groups excluding carboxylic acids is 2. The maximum absolute atomic E-state index is 13.4. The summed E-state index contributed by atoms with van der Waals surface area (Å²) in [6.07, 6.45) is 4.52. The van der Waals surface area contributed by atoms with Crippen LogP contribution in [-0.4, -0.2) is 37.1 Å². The lowest BCUT2D eigenvalue weighted by molar-refractivity contribution is -0.140. The fourth-order valence-electron chi connectivity index (χ4n) is 4.45. The Labute approximate surface area is 182 Å². The van der Waals surface area contributed by atoms with E-state index in [-0.39, 0.29) is 18.3 Å². The number of nitrogens with one attached hydrogen (secondary N) is 1. The van der Waals surface area contributed by atoms with E-state index in [0.717, 1.165) is 16.8 Å². The van der Waals surface area contributed by atoms with Gasteiger partial charge in [0.25, 0.3) is 0 Å². The predicted octanol–water partition coefficient (Wildman–Crippen LogP) is 3.63. The van der Waals surface area contributed by atoms with Gasteiger partial charge >= 0.3 is 5.97 Å². The number of carbonyl (C=O) groups is 2. The maximum Gasteiger partial charge on any atom is 0.336 e. The molecule has 1 aromatic heterocycles. The van der Waals surface area contributed by atoms with Crippen molar-refractivity contribution in [2.24, 2.45) is 0 Å². The number of rotatable bonds is 6. The molecule has 0 saturated carbocycles. The van der Waals surface area contributed by atoms with Gasteiger partial charge in [0.2, 0.25) is 0 Å². The number of methoxy groups -OCH3 is 1. The minimum Gasteiger partial charge on any atom is -0.460 e. The van der Waals surface area contributed by atoms with Crippen molar-refractivity contribution in [2.75, 3.05) is 20.3 Å². The predicted molar refractivity (Wildman–Crippen MR) is 116 cm³/mol. The summed E-state index contributed by atoms with van der Waals surface area (Å²) in [5.41, 5.74) is 4.63. The second-order valence-electron chi connectivity index (χ2n) is 7.84. The lowest BCUT2D eigenvalue weighted by Crippen LogP contribution is -2.36. The van der Waals surface area contributed by atoms with E-state index in [1.54, 1.807) is 19.5 Å². The Bertz CT molecular complexity index is 1030. The normalized spacial score (nSPS) is 20.9. The number of ketones is 1. The van der Waals surface area contributed by atoms with E-state index in [2.05, 4.69) is 22.4 Å². The van der Waals surface area contributed by atoms with Gasteiger partial charge in [0.1, 0.15) is 6.61 Å². The van der Waals surface area contributed by atoms with E-state index in [1.165, 1.54) is 0 Å². The van der Waals surface area contributed by atoms with Crippen LogP contribution in [0, 0.1) is 0 Å². The summed E-state index contributed by atoms with van der Waals surface area (Å²) in [5, 5.41) is 3.36. The van der Waals surface area contributed by atoms with Crippen LogP contribution >= 0.6 is 0 Å². The monoisotopic (exact) mass is 418 g/mol. The molecule has 1 aliphatic heterocycles. The number of ether oxygens (including phenoxy) is 2. The van der Waals surface area contributed by atoms with Crippen molar-refractivity contribution >= 4 is 11.8 Å². The van der Waals surface area contributed by atoms with Crippen LogP contribution < -0.4 is 5.32 Å². The number of benzene rings is 1. The van der Waals surface area contributed by atoms with Crippen molar-refractivity contribution in [1.82, 2.24) is 10.3 Å². The van der Waals surface area contributed by atoms with E-state index in [4.69, 9.17) is 9.47 Å². The molecule has 31 heavy (non-hydrogen) atoms. The lowest BCUT2D eigenvalue weighted by Gasteiger charge is -2.36. The van der Waals surface area contributed by atoms with Crippen LogP contribution in [0.2, 0.25) is 0 Å². The molecule has 2 aliphatic rings. The third-order valence-electron chi connectivity index (χ3n) is 5.86. The quantitative estimate of drug-likeness (QED) is 0.570. The van der Waals surface area contributed by atoms with Crippen LogP contribution in [0.5, 0.6) is 0 Å². The Kier molecular flexibility index (Phi) is 6.28. The van der Waals surface area contributed by atoms with Crippen LogP contribution in [-0.2, 0) is 19.1 Å². The second-order valence-corrected chi connectivity index (χ2v) is 7.84. The molecule has 0 amide bonds. The summed E-state index contributed by atoms with van der Waals surface area (Å²) >= 11 is 0. The molecule has 1 aromatic carbocycles. The maximum atomic E-state index is 13.4. The minimum atomic E-state index is -0.496. The highest BCUT2D eigenvalue weighted by atomic mass is 16.6. The Hall–Kier alpha value is -3.25. The van der Waals surface area contributed by atoms with Crippen molar-refractivity contribution in [3.8, 4) is 0 Å². The molecule has 0 saturated heterocycles. The summed E-state index contributed by atoms with van der Waals surface area (Å²) in [6.45, 7) is 2.33. The lowest BCUT2D eigenvalue weighted by atomic mass is 9.72. The zero-order valence-corrected chi connectivity index (χ0v) is 17.8. The number of aromatic nitrogens is 1. The largest absolute Gasteiger partial charge is 0.460 e. The molecule has 2 heterocycles. The highest BCUT2D eigenvalue weighted by Crippen LogP contribution is 2.45. The van der Waals surface area contributed by atoms with Gasteiger partial charge in [0.15, 0.2) is 5.78 Å². The molecule has 160 valence electrons. The van der Waals surface area contributed by atoms with Crippen molar-refractivity contribution in [1.29, 1.82) is 0 Å². The number of nitrogens with zero attached hydrogens (tertiary/aromatic N) is 1. The Morgan fingerprint density at radius 3 is 2.58 bits per heavy atom.